The lowest BCUT2D eigenvalue weighted by molar-refractivity contribution is 0.0820. The van der Waals surface area contributed by atoms with E-state index in [-0.39, 0.29) is 6.10 Å². The molecule has 1 fully saturated rings. The maximum atomic E-state index is 5.69. The molecule has 1 atom stereocenters. The number of aromatic nitrogens is 2. The number of anilines is 1. The maximum Gasteiger partial charge on any atom is 0.130 e. The molecule has 17 heavy (non-hydrogen) atoms. The molecule has 1 aliphatic heterocycles. The highest BCUT2D eigenvalue weighted by atomic mass is 79.9. The van der Waals surface area contributed by atoms with E-state index in [1.165, 1.54) is 11.4 Å². The van der Waals surface area contributed by atoms with Crippen LogP contribution in [0.5, 0.6) is 0 Å². The number of halogens is 1. The Labute approximate surface area is 111 Å². The highest BCUT2D eigenvalue weighted by Gasteiger charge is 2.22. The first kappa shape index (κ1) is 12.9. The predicted octanol–water partition coefficient (Wildman–Crippen LogP) is 2.24. The molecule has 0 spiro atoms. The van der Waals surface area contributed by atoms with Gasteiger partial charge < -0.3 is 9.64 Å². The summed E-state index contributed by atoms with van der Waals surface area (Å²) in [5, 5.41) is 5.37. The van der Waals surface area contributed by atoms with Crippen molar-refractivity contribution in [2.24, 2.45) is 7.05 Å². The molecule has 0 amide bonds. The Hall–Kier alpha value is -0.550. The van der Waals surface area contributed by atoms with Crippen molar-refractivity contribution < 1.29 is 4.74 Å². The van der Waals surface area contributed by atoms with Crippen LogP contribution in [0.3, 0.4) is 0 Å². The Kier molecular flexibility index (Phi) is 4.09. The molecule has 0 bridgehead atoms. The van der Waals surface area contributed by atoms with Crippen LogP contribution in [0, 0.1) is 6.92 Å². The fourth-order valence-corrected chi connectivity index (χ4v) is 3.08. The summed E-state index contributed by atoms with van der Waals surface area (Å²) in [5.74, 6) is 1.23. The molecule has 1 saturated heterocycles. The van der Waals surface area contributed by atoms with Gasteiger partial charge in [0.05, 0.1) is 11.8 Å². The number of nitrogens with zero attached hydrogens (tertiary/aromatic N) is 3. The van der Waals surface area contributed by atoms with Crippen LogP contribution >= 0.6 is 15.9 Å². The first-order valence-corrected chi connectivity index (χ1v) is 7.20. The van der Waals surface area contributed by atoms with Crippen LogP contribution < -0.4 is 4.90 Å². The van der Waals surface area contributed by atoms with Gasteiger partial charge in [-0.2, -0.15) is 5.10 Å². The number of rotatable bonds is 2. The number of alkyl halides is 1. The van der Waals surface area contributed by atoms with Gasteiger partial charge in [0, 0.05) is 37.6 Å². The molecular weight excluding hydrogens is 282 g/mol. The lowest BCUT2D eigenvalue weighted by Crippen LogP contribution is -2.32. The lowest BCUT2D eigenvalue weighted by Gasteiger charge is -2.25. The quantitative estimate of drug-likeness (QED) is 0.785. The van der Waals surface area contributed by atoms with Gasteiger partial charge in [-0.15, -0.1) is 0 Å². The van der Waals surface area contributed by atoms with Crippen molar-refractivity contribution in [3.63, 3.8) is 0 Å². The van der Waals surface area contributed by atoms with Gasteiger partial charge in [0.1, 0.15) is 5.82 Å². The van der Waals surface area contributed by atoms with E-state index in [1.807, 2.05) is 11.7 Å². The highest BCUT2D eigenvalue weighted by Crippen LogP contribution is 2.26. The van der Waals surface area contributed by atoms with Crippen LogP contribution in [0.15, 0.2) is 0 Å². The summed E-state index contributed by atoms with van der Waals surface area (Å²) in [7, 11) is 2.02. The van der Waals surface area contributed by atoms with Crippen LogP contribution in [0.2, 0.25) is 0 Å². The molecule has 0 N–H and O–H groups in total. The molecular formula is C12H20BrN3O. The molecule has 0 radical (unpaired) electrons. The monoisotopic (exact) mass is 301 g/mol. The Morgan fingerprint density at radius 2 is 2.29 bits per heavy atom. The smallest absolute Gasteiger partial charge is 0.130 e. The van der Waals surface area contributed by atoms with Gasteiger partial charge in [0.25, 0.3) is 0 Å². The minimum atomic E-state index is 0.288. The minimum Gasteiger partial charge on any atom is -0.377 e. The van der Waals surface area contributed by atoms with E-state index in [4.69, 9.17) is 4.74 Å². The third-order valence-electron chi connectivity index (χ3n) is 3.20. The summed E-state index contributed by atoms with van der Waals surface area (Å²) in [6.45, 7) is 7.05. The third-order valence-corrected chi connectivity index (χ3v) is 3.76. The lowest BCUT2D eigenvalue weighted by atomic mass is 10.2. The zero-order chi connectivity index (χ0) is 12.4. The molecule has 0 saturated carbocycles. The first-order valence-electron chi connectivity index (χ1n) is 6.08. The van der Waals surface area contributed by atoms with E-state index in [2.05, 4.69) is 39.8 Å². The minimum absolute atomic E-state index is 0.288. The Balaban J connectivity index is 2.31. The van der Waals surface area contributed by atoms with Crippen molar-refractivity contribution in [2.75, 3.05) is 24.6 Å². The summed E-state index contributed by atoms with van der Waals surface area (Å²) in [4.78, 5) is 2.40. The van der Waals surface area contributed by atoms with Crippen molar-refractivity contribution in [1.82, 2.24) is 9.78 Å². The van der Waals surface area contributed by atoms with Crippen LogP contribution in [0.1, 0.15) is 24.6 Å². The van der Waals surface area contributed by atoms with E-state index in [0.717, 1.165) is 37.1 Å². The second-order valence-electron chi connectivity index (χ2n) is 4.63. The zero-order valence-corrected chi connectivity index (χ0v) is 12.3. The standard InChI is InChI=1S/C12H20BrN3O/c1-9-8-16(5-4-6-17-9)12-11(7-13)10(2)14-15(12)3/h9H,4-8H2,1-3H3. The van der Waals surface area contributed by atoms with Gasteiger partial charge in [0.15, 0.2) is 0 Å². The summed E-state index contributed by atoms with van der Waals surface area (Å²) in [6.07, 6.45) is 1.37. The predicted molar refractivity (Wildman–Crippen MR) is 72.8 cm³/mol. The molecule has 0 aromatic carbocycles. The molecule has 0 aliphatic carbocycles. The Bertz CT molecular complexity index is 391. The molecule has 2 heterocycles. The van der Waals surface area contributed by atoms with Crippen LogP contribution in [-0.4, -0.2) is 35.6 Å². The van der Waals surface area contributed by atoms with Crippen molar-refractivity contribution in [1.29, 1.82) is 0 Å². The largest absolute Gasteiger partial charge is 0.377 e. The second kappa shape index (κ2) is 5.40. The van der Waals surface area contributed by atoms with Crippen molar-refractivity contribution in [3.05, 3.63) is 11.3 Å². The molecule has 1 aromatic rings. The normalized spacial score (nSPS) is 21.6. The summed E-state index contributed by atoms with van der Waals surface area (Å²) in [5.41, 5.74) is 2.40. The summed E-state index contributed by atoms with van der Waals surface area (Å²) >= 11 is 3.56. The molecule has 1 aliphatic rings. The molecule has 1 aromatic heterocycles. The topological polar surface area (TPSA) is 30.3 Å². The van der Waals surface area contributed by atoms with E-state index >= 15 is 0 Å². The summed E-state index contributed by atoms with van der Waals surface area (Å²) in [6, 6.07) is 0. The first-order chi connectivity index (χ1) is 8.13. The summed E-state index contributed by atoms with van der Waals surface area (Å²) < 4.78 is 7.68. The number of hydrogen-bond donors (Lipinski definition) is 0. The fraction of sp³-hybridized carbons (Fsp3) is 0.750. The fourth-order valence-electron chi connectivity index (χ4n) is 2.43. The maximum absolute atomic E-state index is 5.69. The second-order valence-corrected chi connectivity index (χ2v) is 5.19. The molecule has 4 nitrogen and oxygen atoms in total. The number of hydrogen-bond acceptors (Lipinski definition) is 3. The van der Waals surface area contributed by atoms with Crippen molar-refractivity contribution >= 4 is 21.7 Å². The SMILES string of the molecule is Cc1nn(C)c(N2CCCOC(C)C2)c1CBr. The number of ether oxygens (including phenoxy) is 1. The van der Waals surface area contributed by atoms with Crippen LogP contribution in [0.25, 0.3) is 0 Å². The molecule has 2 rings (SSSR count). The van der Waals surface area contributed by atoms with Gasteiger partial charge in [0.2, 0.25) is 0 Å². The van der Waals surface area contributed by atoms with E-state index in [0.29, 0.717) is 0 Å². The number of aryl methyl sites for hydroxylation is 2. The molecule has 96 valence electrons. The molecule has 1 unspecified atom stereocenters. The van der Waals surface area contributed by atoms with E-state index in [1.54, 1.807) is 0 Å². The van der Waals surface area contributed by atoms with Crippen molar-refractivity contribution in [3.8, 4) is 0 Å². The highest BCUT2D eigenvalue weighted by molar-refractivity contribution is 9.08. The Morgan fingerprint density at radius 1 is 1.53 bits per heavy atom. The van der Waals surface area contributed by atoms with Gasteiger partial charge in [-0.3, -0.25) is 4.68 Å². The van der Waals surface area contributed by atoms with Crippen molar-refractivity contribution in [2.45, 2.75) is 31.7 Å². The third kappa shape index (κ3) is 2.65. The van der Waals surface area contributed by atoms with Gasteiger partial charge in [-0.1, -0.05) is 15.9 Å². The zero-order valence-electron chi connectivity index (χ0n) is 10.7. The van der Waals surface area contributed by atoms with Gasteiger partial charge in [-0.05, 0) is 20.3 Å². The molecule has 5 heteroatoms. The van der Waals surface area contributed by atoms with E-state index < -0.39 is 0 Å². The van der Waals surface area contributed by atoms with Gasteiger partial charge in [-0.25, -0.2) is 0 Å². The average Bonchev–Trinajstić information content (AvgIpc) is 2.46. The van der Waals surface area contributed by atoms with E-state index in [9.17, 15) is 0 Å². The van der Waals surface area contributed by atoms with Crippen LogP contribution in [0.4, 0.5) is 5.82 Å². The average molecular weight is 302 g/mol. The van der Waals surface area contributed by atoms with Gasteiger partial charge >= 0.3 is 0 Å². The Morgan fingerprint density at radius 3 is 3.00 bits per heavy atom. The van der Waals surface area contributed by atoms with Crippen LogP contribution in [-0.2, 0) is 17.1 Å².